The molecule has 1 amide bonds. The van der Waals surface area contributed by atoms with E-state index in [4.69, 9.17) is 21.7 Å². The monoisotopic (exact) mass is 385 g/mol. The Bertz CT molecular complexity index is 921. The Balaban J connectivity index is 1.95. The minimum Gasteiger partial charge on any atom is -0.493 e. The smallest absolute Gasteiger partial charge is 0.270 e. The third kappa shape index (κ3) is 3.48. The van der Waals surface area contributed by atoms with Crippen LogP contribution in [0.3, 0.4) is 0 Å². The number of thiocarbonyl (C=S) groups is 1. The van der Waals surface area contributed by atoms with Crippen LogP contribution in [0.4, 0.5) is 5.69 Å². The summed E-state index contributed by atoms with van der Waals surface area (Å²) in [7, 11) is 3.17. The summed E-state index contributed by atoms with van der Waals surface area (Å²) in [6.07, 6.45) is 1.82. The van der Waals surface area contributed by atoms with Crippen LogP contribution in [0.25, 0.3) is 6.08 Å². The topological polar surface area (TPSA) is 38.8 Å². The van der Waals surface area contributed by atoms with Crippen molar-refractivity contribution in [3.63, 3.8) is 0 Å². The second-order valence-electron chi connectivity index (χ2n) is 5.92. The average Bonchev–Trinajstić information content (AvgIpc) is 2.89. The summed E-state index contributed by atoms with van der Waals surface area (Å²) in [6, 6.07) is 11.5. The Kier molecular flexibility index (Phi) is 5.34. The van der Waals surface area contributed by atoms with E-state index in [0.717, 1.165) is 22.4 Å². The summed E-state index contributed by atoms with van der Waals surface area (Å²) in [5.74, 6) is 1.15. The highest BCUT2D eigenvalue weighted by atomic mass is 32.2. The van der Waals surface area contributed by atoms with Gasteiger partial charge in [-0.2, -0.15) is 0 Å². The van der Waals surface area contributed by atoms with E-state index in [1.807, 2.05) is 56.3 Å². The molecule has 1 aliphatic heterocycles. The largest absolute Gasteiger partial charge is 0.493 e. The van der Waals surface area contributed by atoms with Crippen LogP contribution >= 0.6 is 24.0 Å². The van der Waals surface area contributed by atoms with Crippen molar-refractivity contribution in [3.8, 4) is 11.5 Å². The number of anilines is 1. The van der Waals surface area contributed by atoms with Gasteiger partial charge >= 0.3 is 0 Å². The molecule has 0 bridgehead atoms. The zero-order valence-electron chi connectivity index (χ0n) is 15.0. The first kappa shape index (κ1) is 18.5. The second kappa shape index (κ2) is 7.51. The van der Waals surface area contributed by atoms with Crippen LogP contribution in [0.2, 0.25) is 0 Å². The molecule has 26 heavy (non-hydrogen) atoms. The third-order valence-electron chi connectivity index (χ3n) is 4.09. The highest BCUT2D eigenvalue weighted by Crippen LogP contribution is 2.38. The molecule has 0 N–H and O–H groups in total. The van der Waals surface area contributed by atoms with Gasteiger partial charge in [0, 0.05) is 0 Å². The van der Waals surface area contributed by atoms with Gasteiger partial charge in [0.05, 0.1) is 24.8 Å². The second-order valence-corrected chi connectivity index (χ2v) is 7.60. The fourth-order valence-electron chi connectivity index (χ4n) is 2.83. The molecule has 0 aromatic heterocycles. The fraction of sp³-hybridized carbons (Fsp3) is 0.200. The van der Waals surface area contributed by atoms with E-state index in [9.17, 15) is 4.79 Å². The predicted octanol–water partition coefficient (Wildman–Crippen LogP) is 4.73. The lowest BCUT2D eigenvalue weighted by Crippen LogP contribution is -2.28. The zero-order chi connectivity index (χ0) is 18.8. The Morgan fingerprint density at radius 1 is 1.04 bits per heavy atom. The SMILES string of the molecule is COc1ccc(/C=C2\SC(=S)N(c3ccc(C)cc3C)C2=O)cc1OC. The maximum atomic E-state index is 12.9. The molecule has 0 unspecified atom stereocenters. The molecule has 1 saturated heterocycles. The van der Waals surface area contributed by atoms with Crippen LogP contribution in [0.1, 0.15) is 16.7 Å². The Morgan fingerprint density at radius 3 is 2.42 bits per heavy atom. The standard InChI is InChI=1S/C20H19NO3S2/c1-12-5-7-15(13(2)9-12)21-19(22)18(26-20(21)25)11-14-6-8-16(23-3)17(10-14)24-4/h5-11H,1-4H3/b18-11-. The number of thioether (sulfide) groups is 1. The minimum atomic E-state index is -0.110. The number of benzene rings is 2. The summed E-state index contributed by atoms with van der Waals surface area (Å²) in [6.45, 7) is 4.01. The first-order valence-electron chi connectivity index (χ1n) is 8.02. The summed E-state index contributed by atoms with van der Waals surface area (Å²) < 4.78 is 11.1. The van der Waals surface area contributed by atoms with Crippen molar-refractivity contribution < 1.29 is 14.3 Å². The highest BCUT2D eigenvalue weighted by molar-refractivity contribution is 8.27. The molecule has 0 atom stereocenters. The Hall–Kier alpha value is -2.31. The minimum absolute atomic E-state index is 0.110. The molecule has 6 heteroatoms. The predicted molar refractivity (Wildman–Crippen MR) is 111 cm³/mol. The molecule has 1 heterocycles. The molecule has 1 fully saturated rings. The molecule has 0 aliphatic carbocycles. The Labute approximate surface area is 162 Å². The summed E-state index contributed by atoms with van der Waals surface area (Å²) in [5, 5.41) is 0. The fourth-order valence-corrected chi connectivity index (χ4v) is 4.11. The number of carbonyl (C=O) groups is 1. The zero-order valence-corrected chi connectivity index (χ0v) is 16.7. The number of carbonyl (C=O) groups excluding carboxylic acids is 1. The molecule has 2 aromatic carbocycles. The first-order valence-corrected chi connectivity index (χ1v) is 9.24. The normalized spacial score (nSPS) is 15.7. The molecule has 0 saturated carbocycles. The van der Waals surface area contributed by atoms with Crippen molar-refractivity contribution >= 4 is 46.0 Å². The van der Waals surface area contributed by atoms with E-state index in [0.29, 0.717) is 20.7 Å². The number of nitrogens with zero attached hydrogens (tertiary/aromatic N) is 1. The van der Waals surface area contributed by atoms with Crippen molar-refractivity contribution in [2.45, 2.75) is 13.8 Å². The van der Waals surface area contributed by atoms with Gasteiger partial charge in [-0.25, -0.2) is 0 Å². The van der Waals surface area contributed by atoms with Gasteiger partial charge in [0.1, 0.15) is 0 Å². The van der Waals surface area contributed by atoms with Crippen molar-refractivity contribution in [2.24, 2.45) is 0 Å². The summed E-state index contributed by atoms with van der Waals surface area (Å²) in [5.41, 5.74) is 3.85. The van der Waals surface area contributed by atoms with Crippen LogP contribution in [0, 0.1) is 13.8 Å². The van der Waals surface area contributed by atoms with E-state index in [-0.39, 0.29) is 5.91 Å². The van der Waals surface area contributed by atoms with E-state index >= 15 is 0 Å². The molecular formula is C20H19NO3S2. The summed E-state index contributed by atoms with van der Waals surface area (Å²) >= 11 is 6.76. The van der Waals surface area contributed by atoms with Crippen LogP contribution < -0.4 is 14.4 Å². The Morgan fingerprint density at radius 2 is 1.77 bits per heavy atom. The number of hydrogen-bond acceptors (Lipinski definition) is 5. The third-order valence-corrected chi connectivity index (χ3v) is 5.39. The van der Waals surface area contributed by atoms with E-state index in [1.54, 1.807) is 19.1 Å². The van der Waals surface area contributed by atoms with Gasteiger partial charge in [-0.3, -0.25) is 9.69 Å². The van der Waals surface area contributed by atoms with Crippen LogP contribution in [-0.4, -0.2) is 24.4 Å². The molecule has 2 aromatic rings. The van der Waals surface area contributed by atoms with Crippen LogP contribution in [-0.2, 0) is 4.79 Å². The molecule has 3 rings (SSSR count). The molecular weight excluding hydrogens is 366 g/mol. The molecule has 1 aliphatic rings. The van der Waals surface area contributed by atoms with Gasteiger partial charge in [-0.15, -0.1) is 0 Å². The van der Waals surface area contributed by atoms with Gasteiger partial charge in [-0.1, -0.05) is 47.7 Å². The number of rotatable bonds is 4. The van der Waals surface area contributed by atoms with Gasteiger partial charge in [0.25, 0.3) is 5.91 Å². The van der Waals surface area contributed by atoms with Crippen molar-refractivity contribution in [3.05, 3.63) is 58.0 Å². The maximum absolute atomic E-state index is 12.9. The van der Waals surface area contributed by atoms with Crippen LogP contribution in [0.15, 0.2) is 41.3 Å². The first-order chi connectivity index (χ1) is 12.4. The van der Waals surface area contributed by atoms with E-state index in [1.165, 1.54) is 11.8 Å². The molecule has 0 radical (unpaired) electrons. The number of hydrogen-bond donors (Lipinski definition) is 0. The number of amides is 1. The van der Waals surface area contributed by atoms with Gasteiger partial charge < -0.3 is 9.47 Å². The average molecular weight is 386 g/mol. The highest BCUT2D eigenvalue weighted by Gasteiger charge is 2.34. The number of aryl methyl sites for hydroxylation is 2. The van der Waals surface area contributed by atoms with Gasteiger partial charge in [-0.05, 0) is 49.2 Å². The lowest BCUT2D eigenvalue weighted by Gasteiger charge is -2.17. The van der Waals surface area contributed by atoms with Crippen molar-refractivity contribution in [1.29, 1.82) is 0 Å². The lowest BCUT2D eigenvalue weighted by atomic mass is 10.1. The van der Waals surface area contributed by atoms with E-state index in [2.05, 4.69) is 0 Å². The lowest BCUT2D eigenvalue weighted by molar-refractivity contribution is -0.113. The number of methoxy groups -OCH3 is 2. The molecule has 4 nitrogen and oxygen atoms in total. The maximum Gasteiger partial charge on any atom is 0.270 e. The van der Waals surface area contributed by atoms with E-state index < -0.39 is 0 Å². The van der Waals surface area contributed by atoms with Crippen molar-refractivity contribution in [2.75, 3.05) is 19.1 Å². The van der Waals surface area contributed by atoms with Crippen molar-refractivity contribution in [1.82, 2.24) is 0 Å². The molecule has 0 spiro atoms. The quantitative estimate of drug-likeness (QED) is 0.562. The van der Waals surface area contributed by atoms with Gasteiger partial charge in [0.15, 0.2) is 15.8 Å². The van der Waals surface area contributed by atoms with Crippen LogP contribution in [0.5, 0.6) is 11.5 Å². The molecule has 134 valence electrons. The number of ether oxygens (including phenoxy) is 2. The summed E-state index contributed by atoms with van der Waals surface area (Å²) in [4.78, 5) is 15.1. The van der Waals surface area contributed by atoms with Gasteiger partial charge in [0.2, 0.25) is 0 Å².